The molecule has 1 aromatic carbocycles. The molecule has 0 spiro atoms. The first-order valence-electron chi connectivity index (χ1n) is 4.45. The van der Waals surface area contributed by atoms with E-state index in [9.17, 15) is 9.18 Å². The van der Waals surface area contributed by atoms with E-state index in [1.807, 2.05) is 0 Å². The van der Waals surface area contributed by atoms with E-state index < -0.39 is 0 Å². The zero-order chi connectivity index (χ0) is 10.6. The number of carbonyl (C=O) groups excluding carboxylic acids is 1. The van der Waals surface area contributed by atoms with E-state index in [0.29, 0.717) is 6.42 Å². The number of rotatable bonds is 4. The van der Waals surface area contributed by atoms with E-state index in [1.165, 1.54) is 13.2 Å². The molecule has 76 valence electrons. The van der Waals surface area contributed by atoms with Crippen LogP contribution in [0.25, 0.3) is 0 Å². The van der Waals surface area contributed by atoms with Gasteiger partial charge in [0.05, 0.1) is 7.11 Å². The topological polar surface area (TPSA) is 26.3 Å². The van der Waals surface area contributed by atoms with Crippen LogP contribution in [-0.2, 0) is 11.2 Å². The van der Waals surface area contributed by atoms with Crippen LogP contribution in [-0.4, -0.2) is 13.4 Å². The molecule has 1 aromatic rings. The van der Waals surface area contributed by atoms with Crippen molar-refractivity contribution in [1.82, 2.24) is 0 Å². The van der Waals surface area contributed by atoms with Crippen LogP contribution in [0.1, 0.15) is 12.5 Å². The van der Waals surface area contributed by atoms with E-state index in [2.05, 4.69) is 0 Å². The summed E-state index contributed by atoms with van der Waals surface area (Å²) in [6.45, 7) is 1.80. The molecule has 0 heterocycles. The third kappa shape index (κ3) is 2.55. The fourth-order valence-electron chi connectivity index (χ4n) is 1.26. The molecule has 2 nitrogen and oxygen atoms in total. The summed E-state index contributed by atoms with van der Waals surface area (Å²) in [7, 11) is 1.42. The second-order valence-electron chi connectivity index (χ2n) is 3.29. The molecule has 0 unspecified atom stereocenters. The van der Waals surface area contributed by atoms with Crippen LogP contribution in [0.2, 0.25) is 0 Å². The first-order chi connectivity index (χ1) is 6.67. The van der Waals surface area contributed by atoms with Crippen molar-refractivity contribution in [1.29, 1.82) is 0 Å². The van der Waals surface area contributed by atoms with E-state index in [1.54, 1.807) is 19.1 Å². The van der Waals surface area contributed by atoms with Gasteiger partial charge in [0.25, 0.3) is 0 Å². The van der Waals surface area contributed by atoms with Gasteiger partial charge in [0.15, 0.2) is 11.6 Å². The van der Waals surface area contributed by atoms with E-state index in [4.69, 9.17) is 4.74 Å². The summed E-state index contributed by atoms with van der Waals surface area (Å²) in [6.07, 6.45) is 1.42. The molecule has 14 heavy (non-hydrogen) atoms. The molecule has 0 radical (unpaired) electrons. The van der Waals surface area contributed by atoms with Crippen LogP contribution in [0.3, 0.4) is 0 Å². The highest BCUT2D eigenvalue weighted by molar-refractivity contribution is 5.53. The summed E-state index contributed by atoms with van der Waals surface area (Å²) in [4.78, 5) is 10.4. The van der Waals surface area contributed by atoms with Crippen molar-refractivity contribution < 1.29 is 13.9 Å². The number of methoxy groups -OCH3 is 1. The van der Waals surface area contributed by atoms with Crippen molar-refractivity contribution in [3.63, 3.8) is 0 Å². The number of halogens is 1. The number of hydrogen-bond donors (Lipinski definition) is 0. The number of ether oxygens (including phenoxy) is 1. The number of hydrogen-bond acceptors (Lipinski definition) is 2. The van der Waals surface area contributed by atoms with Gasteiger partial charge in [-0.05, 0) is 24.1 Å². The van der Waals surface area contributed by atoms with Crippen molar-refractivity contribution >= 4 is 6.29 Å². The third-order valence-corrected chi connectivity index (χ3v) is 2.01. The molecular weight excluding hydrogens is 183 g/mol. The second-order valence-corrected chi connectivity index (χ2v) is 3.29. The van der Waals surface area contributed by atoms with Crippen molar-refractivity contribution in [2.24, 2.45) is 5.92 Å². The summed E-state index contributed by atoms with van der Waals surface area (Å²) in [5.74, 6) is -0.238. The predicted octanol–water partition coefficient (Wildman–Crippen LogP) is 2.21. The van der Waals surface area contributed by atoms with Crippen LogP contribution in [0.4, 0.5) is 4.39 Å². The first-order valence-corrected chi connectivity index (χ1v) is 4.45. The molecule has 1 atom stereocenters. The average molecular weight is 196 g/mol. The SMILES string of the molecule is COc1ccc(C[C@H](C)C=O)cc1F. The van der Waals surface area contributed by atoms with E-state index in [-0.39, 0.29) is 17.5 Å². The highest BCUT2D eigenvalue weighted by Gasteiger charge is 2.06. The van der Waals surface area contributed by atoms with Gasteiger partial charge in [-0.2, -0.15) is 0 Å². The van der Waals surface area contributed by atoms with Gasteiger partial charge >= 0.3 is 0 Å². The molecular formula is C11H13FO2. The molecule has 0 aromatic heterocycles. The van der Waals surface area contributed by atoms with Crippen molar-refractivity contribution in [2.75, 3.05) is 7.11 Å². The maximum absolute atomic E-state index is 13.2. The monoisotopic (exact) mass is 196 g/mol. The lowest BCUT2D eigenvalue weighted by Crippen LogP contribution is -2.01. The Bertz CT molecular complexity index is 323. The Labute approximate surface area is 82.7 Å². The lowest BCUT2D eigenvalue weighted by atomic mass is 10.0. The smallest absolute Gasteiger partial charge is 0.165 e. The summed E-state index contributed by atoms with van der Waals surface area (Å²) in [5.41, 5.74) is 0.808. The largest absolute Gasteiger partial charge is 0.494 e. The molecule has 0 fully saturated rings. The Balaban J connectivity index is 2.80. The second kappa shape index (κ2) is 4.74. The van der Waals surface area contributed by atoms with Crippen LogP contribution in [0.5, 0.6) is 5.75 Å². The Kier molecular flexibility index (Phi) is 3.63. The van der Waals surface area contributed by atoms with Gasteiger partial charge in [-0.3, -0.25) is 0 Å². The van der Waals surface area contributed by atoms with Crippen LogP contribution in [0.15, 0.2) is 18.2 Å². The van der Waals surface area contributed by atoms with Gasteiger partial charge in [-0.15, -0.1) is 0 Å². The van der Waals surface area contributed by atoms with Crippen molar-refractivity contribution in [3.8, 4) is 5.75 Å². The summed E-state index contributed by atoms with van der Waals surface area (Å²) in [5, 5.41) is 0. The standard InChI is InChI=1S/C11H13FO2/c1-8(7-13)5-9-3-4-11(14-2)10(12)6-9/h3-4,6-8H,5H2,1-2H3/t8-/m0/s1. The quantitative estimate of drug-likeness (QED) is 0.690. The molecule has 0 aliphatic heterocycles. The minimum absolute atomic E-state index is 0.0807. The van der Waals surface area contributed by atoms with E-state index >= 15 is 0 Å². The molecule has 0 N–H and O–H groups in total. The lowest BCUT2D eigenvalue weighted by Gasteiger charge is -2.06. The highest BCUT2D eigenvalue weighted by atomic mass is 19.1. The summed E-state index contributed by atoms with van der Waals surface area (Å²) < 4.78 is 18.0. The molecule has 1 rings (SSSR count). The summed E-state index contributed by atoms with van der Waals surface area (Å²) >= 11 is 0. The lowest BCUT2D eigenvalue weighted by molar-refractivity contribution is -0.110. The van der Waals surface area contributed by atoms with Gasteiger partial charge < -0.3 is 9.53 Å². The molecule has 0 bridgehead atoms. The highest BCUT2D eigenvalue weighted by Crippen LogP contribution is 2.19. The van der Waals surface area contributed by atoms with Gasteiger partial charge in [-0.1, -0.05) is 13.0 Å². The molecule has 0 amide bonds. The Morgan fingerprint density at radius 2 is 2.29 bits per heavy atom. The van der Waals surface area contributed by atoms with Crippen molar-refractivity contribution in [3.05, 3.63) is 29.6 Å². The minimum atomic E-state index is -0.386. The Morgan fingerprint density at radius 3 is 2.79 bits per heavy atom. The first kappa shape index (κ1) is 10.7. The van der Waals surface area contributed by atoms with Gasteiger partial charge in [0, 0.05) is 5.92 Å². The van der Waals surface area contributed by atoms with Crippen LogP contribution in [0, 0.1) is 11.7 Å². The fraction of sp³-hybridized carbons (Fsp3) is 0.364. The summed E-state index contributed by atoms with van der Waals surface area (Å²) in [6, 6.07) is 4.74. The average Bonchev–Trinajstić information content (AvgIpc) is 2.18. The van der Waals surface area contributed by atoms with Gasteiger partial charge in [0.1, 0.15) is 6.29 Å². The molecule has 0 saturated carbocycles. The minimum Gasteiger partial charge on any atom is -0.494 e. The predicted molar refractivity (Wildman–Crippen MR) is 51.9 cm³/mol. The van der Waals surface area contributed by atoms with Gasteiger partial charge in [-0.25, -0.2) is 4.39 Å². The maximum atomic E-state index is 13.2. The molecule has 3 heteroatoms. The van der Waals surface area contributed by atoms with Crippen molar-refractivity contribution in [2.45, 2.75) is 13.3 Å². The third-order valence-electron chi connectivity index (χ3n) is 2.01. The maximum Gasteiger partial charge on any atom is 0.165 e. The number of benzene rings is 1. The fourth-order valence-corrected chi connectivity index (χ4v) is 1.26. The van der Waals surface area contributed by atoms with E-state index in [0.717, 1.165) is 11.8 Å². The van der Waals surface area contributed by atoms with Gasteiger partial charge in [0.2, 0.25) is 0 Å². The normalized spacial score (nSPS) is 12.2. The zero-order valence-electron chi connectivity index (χ0n) is 8.29. The number of carbonyl (C=O) groups is 1. The molecule has 0 saturated heterocycles. The molecule has 0 aliphatic rings. The Morgan fingerprint density at radius 1 is 1.57 bits per heavy atom. The number of aldehydes is 1. The van der Waals surface area contributed by atoms with Crippen LogP contribution < -0.4 is 4.74 Å². The Hall–Kier alpha value is -1.38. The zero-order valence-corrected chi connectivity index (χ0v) is 8.29. The van der Waals surface area contributed by atoms with Crippen LogP contribution >= 0.6 is 0 Å². The molecule has 0 aliphatic carbocycles.